The predicted octanol–water partition coefficient (Wildman–Crippen LogP) is 2.67. The van der Waals surface area contributed by atoms with Crippen molar-refractivity contribution < 1.29 is 9.59 Å². The molecule has 0 saturated heterocycles. The van der Waals surface area contributed by atoms with E-state index in [0.717, 1.165) is 10.4 Å². The summed E-state index contributed by atoms with van der Waals surface area (Å²) >= 11 is 2.67. The van der Waals surface area contributed by atoms with Crippen LogP contribution in [0.4, 0.5) is 4.79 Å². The lowest BCUT2D eigenvalue weighted by Crippen LogP contribution is -2.41. The summed E-state index contributed by atoms with van der Waals surface area (Å²) in [6.45, 7) is 10.2. The highest BCUT2D eigenvalue weighted by atomic mass is 32.2. The summed E-state index contributed by atoms with van der Waals surface area (Å²) in [5.41, 5.74) is 0.883. The van der Waals surface area contributed by atoms with E-state index in [1.54, 1.807) is 11.5 Å². The molecule has 1 atom stereocenters. The molecular formula is C17H24N4O3S2. The van der Waals surface area contributed by atoms with E-state index in [-0.39, 0.29) is 11.5 Å². The summed E-state index contributed by atoms with van der Waals surface area (Å²) in [4.78, 5) is 42.9. The molecule has 0 aromatic carbocycles. The molecule has 0 aliphatic carbocycles. The number of carbonyl (C=O) groups is 2. The Labute approximate surface area is 160 Å². The summed E-state index contributed by atoms with van der Waals surface area (Å²) in [5, 5.41) is 5.18. The number of aryl methyl sites for hydroxylation is 2. The predicted molar refractivity (Wildman–Crippen MR) is 106 cm³/mol. The second kappa shape index (κ2) is 8.22. The number of carbonyl (C=O) groups excluding carboxylic acids is 2. The third-order valence-electron chi connectivity index (χ3n) is 3.92. The highest BCUT2D eigenvalue weighted by molar-refractivity contribution is 8.00. The molecule has 7 nitrogen and oxygen atoms in total. The number of nitrogens with zero attached hydrogens (tertiary/aromatic N) is 2. The number of urea groups is 1. The lowest BCUT2D eigenvalue weighted by atomic mass is 10.2. The minimum Gasteiger partial charge on any atom is -0.341 e. The topological polar surface area (TPSA) is 93.1 Å². The average molecular weight is 397 g/mol. The van der Waals surface area contributed by atoms with E-state index in [4.69, 9.17) is 0 Å². The zero-order valence-electron chi connectivity index (χ0n) is 15.8. The van der Waals surface area contributed by atoms with Crippen molar-refractivity contribution in [3.05, 3.63) is 20.8 Å². The van der Waals surface area contributed by atoms with Gasteiger partial charge < -0.3 is 5.32 Å². The maximum absolute atomic E-state index is 13.0. The Morgan fingerprint density at radius 2 is 1.92 bits per heavy atom. The molecule has 3 amide bonds. The van der Waals surface area contributed by atoms with Crippen LogP contribution in [0.15, 0.2) is 9.95 Å². The number of amides is 3. The number of fused-ring (bicyclic) bond motifs is 1. The fraction of sp³-hybridized carbons (Fsp3) is 0.529. The average Bonchev–Trinajstić information content (AvgIpc) is 2.84. The van der Waals surface area contributed by atoms with Crippen molar-refractivity contribution in [2.24, 2.45) is 5.92 Å². The zero-order chi connectivity index (χ0) is 19.6. The largest absolute Gasteiger partial charge is 0.341 e. The highest BCUT2D eigenvalue weighted by Gasteiger charge is 2.22. The maximum atomic E-state index is 13.0. The first-order chi connectivity index (χ1) is 12.1. The number of hydrogen-bond acceptors (Lipinski definition) is 6. The normalized spacial score (nSPS) is 12.4. The Kier molecular flexibility index (Phi) is 6.46. The van der Waals surface area contributed by atoms with Crippen LogP contribution < -0.4 is 16.2 Å². The van der Waals surface area contributed by atoms with Gasteiger partial charge in [0.05, 0.1) is 10.6 Å². The fourth-order valence-corrected chi connectivity index (χ4v) is 4.40. The number of imide groups is 1. The Balaban J connectivity index is 2.46. The van der Waals surface area contributed by atoms with Crippen molar-refractivity contribution in [1.29, 1.82) is 0 Å². The van der Waals surface area contributed by atoms with Crippen LogP contribution in [0.3, 0.4) is 0 Å². The summed E-state index contributed by atoms with van der Waals surface area (Å²) in [6, 6.07) is -0.560. The van der Waals surface area contributed by atoms with Gasteiger partial charge in [-0.3, -0.25) is 19.5 Å². The Morgan fingerprint density at radius 1 is 1.27 bits per heavy atom. The van der Waals surface area contributed by atoms with Crippen LogP contribution in [0.5, 0.6) is 0 Å². The summed E-state index contributed by atoms with van der Waals surface area (Å²) in [5.74, 6) is -0.181. The van der Waals surface area contributed by atoms with Gasteiger partial charge in [-0.25, -0.2) is 9.78 Å². The van der Waals surface area contributed by atoms with Gasteiger partial charge in [0.25, 0.3) is 5.56 Å². The molecule has 0 bridgehead atoms. The summed E-state index contributed by atoms with van der Waals surface area (Å²) in [6.07, 6.45) is 0. The lowest BCUT2D eigenvalue weighted by Gasteiger charge is -2.16. The van der Waals surface area contributed by atoms with E-state index in [9.17, 15) is 14.4 Å². The number of thiophene rings is 1. The number of rotatable bonds is 5. The first-order valence-electron chi connectivity index (χ1n) is 8.35. The van der Waals surface area contributed by atoms with Crippen molar-refractivity contribution in [3.63, 3.8) is 0 Å². The van der Waals surface area contributed by atoms with Crippen molar-refractivity contribution in [2.75, 3.05) is 7.05 Å². The van der Waals surface area contributed by atoms with E-state index in [0.29, 0.717) is 21.9 Å². The molecule has 2 heterocycles. The van der Waals surface area contributed by atoms with Crippen LogP contribution in [-0.2, 0) is 11.3 Å². The molecule has 0 unspecified atom stereocenters. The highest BCUT2D eigenvalue weighted by Crippen LogP contribution is 2.30. The van der Waals surface area contributed by atoms with E-state index in [1.165, 1.54) is 30.1 Å². The van der Waals surface area contributed by atoms with Gasteiger partial charge in [-0.15, -0.1) is 11.3 Å². The second-order valence-corrected chi connectivity index (χ2v) is 9.01. The Morgan fingerprint density at radius 3 is 2.50 bits per heavy atom. The molecule has 2 rings (SSSR count). The third kappa shape index (κ3) is 4.27. The Bertz CT molecular complexity index is 902. The van der Waals surface area contributed by atoms with Gasteiger partial charge in [0.2, 0.25) is 5.91 Å². The molecule has 26 heavy (non-hydrogen) atoms. The molecule has 0 aliphatic rings. The molecule has 0 aliphatic heterocycles. The van der Waals surface area contributed by atoms with Crippen LogP contribution in [-0.4, -0.2) is 33.8 Å². The van der Waals surface area contributed by atoms with E-state index < -0.39 is 17.2 Å². The van der Waals surface area contributed by atoms with Gasteiger partial charge in [0.15, 0.2) is 5.16 Å². The first kappa shape index (κ1) is 20.4. The number of aromatic nitrogens is 2. The van der Waals surface area contributed by atoms with Crippen LogP contribution in [0, 0.1) is 19.8 Å². The Hall–Kier alpha value is -1.87. The van der Waals surface area contributed by atoms with Crippen molar-refractivity contribution in [1.82, 2.24) is 20.2 Å². The standard InChI is InChI=1S/C17H24N4O3S2/c1-8(2)7-21-15(23)12-9(3)10(4)25-14(12)20-17(21)26-11(5)13(22)19-16(24)18-6/h8,11H,7H2,1-6H3,(H2,18,19,22,24)/t11-/m1/s1. The first-order valence-corrected chi connectivity index (χ1v) is 10.0. The molecule has 0 radical (unpaired) electrons. The lowest BCUT2D eigenvalue weighted by molar-refractivity contribution is -0.119. The molecule has 2 aromatic rings. The van der Waals surface area contributed by atoms with Gasteiger partial charge >= 0.3 is 6.03 Å². The number of thioether (sulfide) groups is 1. The minimum atomic E-state index is -0.572. The van der Waals surface area contributed by atoms with Crippen LogP contribution in [0.1, 0.15) is 31.2 Å². The van der Waals surface area contributed by atoms with Crippen molar-refractivity contribution in [3.8, 4) is 0 Å². The van der Waals surface area contributed by atoms with Gasteiger partial charge in [-0.1, -0.05) is 25.6 Å². The fourth-order valence-electron chi connectivity index (χ4n) is 2.41. The molecular weight excluding hydrogens is 372 g/mol. The van der Waals surface area contributed by atoms with Gasteiger partial charge in [0, 0.05) is 18.5 Å². The summed E-state index contributed by atoms with van der Waals surface area (Å²) < 4.78 is 1.64. The molecule has 2 aromatic heterocycles. The summed E-state index contributed by atoms with van der Waals surface area (Å²) in [7, 11) is 1.44. The smallest absolute Gasteiger partial charge is 0.321 e. The number of nitrogens with one attached hydrogen (secondary N) is 2. The molecule has 0 spiro atoms. The van der Waals surface area contributed by atoms with Crippen molar-refractivity contribution in [2.45, 2.75) is 51.6 Å². The van der Waals surface area contributed by atoms with E-state index in [1.807, 2.05) is 27.7 Å². The SMILES string of the molecule is CNC(=O)NC(=O)[C@@H](C)Sc1nc2sc(C)c(C)c2c(=O)n1CC(C)C. The van der Waals surface area contributed by atoms with Gasteiger partial charge in [-0.05, 0) is 32.3 Å². The van der Waals surface area contributed by atoms with Gasteiger partial charge in [0.1, 0.15) is 4.83 Å². The molecule has 142 valence electrons. The van der Waals surface area contributed by atoms with Gasteiger partial charge in [-0.2, -0.15) is 0 Å². The molecule has 2 N–H and O–H groups in total. The van der Waals surface area contributed by atoms with Crippen LogP contribution in [0.25, 0.3) is 10.2 Å². The number of hydrogen-bond donors (Lipinski definition) is 2. The molecule has 9 heteroatoms. The third-order valence-corrected chi connectivity index (χ3v) is 6.11. The zero-order valence-corrected chi connectivity index (χ0v) is 17.4. The molecule has 0 fully saturated rings. The molecule has 0 saturated carbocycles. The second-order valence-electron chi connectivity index (χ2n) is 6.50. The minimum absolute atomic E-state index is 0.0769. The quantitative estimate of drug-likeness (QED) is 0.599. The van der Waals surface area contributed by atoms with Crippen LogP contribution in [0.2, 0.25) is 0 Å². The van der Waals surface area contributed by atoms with E-state index in [2.05, 4.69) is 15.6 Å². The van der Waals surface area contributed by atoms with E-state index >= 15 is 0 Å². The van der Waals surface area contributed by atoms with Crippen LogP contribution >= 0.6 is 23.1 Å². The maximum Gasteiger partial charge on any atom is 0.321 e. The monoisotopic (exact) mass is 396 g/mol. The van der Waals surface area contributed by atoms with Crippen molar-refractivity contribution >= 4 is 45.3 Å².